The van der Waals surface area contributed by atoms with Gasteiger partial charge < -0.3 is 15.0 Å². The molecule has 1 fully saturated rings. The predicted molar refractivity (Wildman–Crippen MR) is 102 cm³/mol. The van der Waals surface area contributed by atoms with Gasteiger partial charge in [-0.3, -0.25) is 19.3 Å². The van der Waals surface area contributed by atoms with Crippen molar-refractivity contribution in [3.63, 3.8) is 0 Å². The first-order valence-corrected chi connectivity index (χ1v) is 9.80. The topological polar surface area (TPSA) is 89.4 Å². The summed E-state index contributed by atoms with van der Waals surface area (Å²) >= 11 is 0. The smallest absolute Gasteiger partial charge is 0.274 e. The second kappa shape index (κ2) is 8.10. The van der Waals surface area contributed by atoms with Gasteiger partial charge in [0.05, 0.1) is 25.3 Å². The Kier molecular flexibility index (Phi) is 5.38. The monoisotopic (exact) mass is 383 g/mol. The average molecular weight is 383 g/mol. The SMILES string of the molecule is Cc1ccc(C(=O)NCCn2nc(C(=O)N3CCCC3)c3c2CCOC3)cn1. The zero-order valence-corrected chi connectivity index (χ0v) is 16.1. The highest BCUT2D eigenvalue weighted by atomic mass is 16.5. The van der Waals surface area contributed by atoms with Gasteiger partial charge in [-0.25, -0.2) is 0 Å². The van der Waals surface area contributed by atoms with Crippen LogP contribution in [-0.2, 0) is 24.3 Å². The van der Waals surface area contributed by atoms with E-state index in [-0.39, 0.29) is 11.8 Å². The maximum atomic E-state index is 12.8. The average Bonchev–Trinajstić information content (AvgIpc) is 3.37. The largest absolute Gasteiger partial charge is 0.376 e. The van der Waals surface area contributed by atoms with Crippen molar-refractivity contribution in [3.05, 3.63) is 46.5 Å². The predicted octanol–water partition coefficient (Wildman–Crippen LogP) is 1.33. The summed E-state index contributed by atoms with van der Waals surface area (Å²) in [5.41, 5.74) is 3.85. The molecule has 2 aromatic heterocycles. The molecule has 8 heteroatoms. The van der Waals surface area contributed by atoms with Gasteiger partial charge in [-0.05, 0) is 31.9 Å². The van der Waals surface area contributed by atoms with Crippen LogP contribution in [0.4, 0.5) is 0 Å². The Labute approximate surface area is 163 Å². The Bertz CT molecular complexity index is 869. The minimum Gasteiger partial charge on any atom is -0.376 e. The summed E-state index contributed by atoms with van der Waals surface area (Å²) in [7, 11) is 0. The number of amides is 2. The van der Waals surface area contributed by atoms with Crippen LogP contribution in [0.2, 0.25) is 0 Å². The number of carbonyl (C=O) groups is 2. The third-order valence-corrected chi connectivity index (χ3v) is 5.27. The van der Waals surface area contributed by atoms with Gasteiger partial charge in [0.2, 0.25) is 0 Å². The summed E-state index contributed by atoms with van der Waals surface area (Å²) < 4.78 is 7.43. The maximum Gasteiger partial charge on any atom is 0.274 e. The molecule has 4 rings (SSSR count). The van der Waals surface area contributed by atoms with Gasteiger partial charge in [-0.15, -0.1) is 0 Å². The van der Waals surface area contributed by atoms with E-state index in [0.717, 1.165) is 49.3 Å². The molecule has 4 heterocycles. The lowest BCUT2D eigenvalue weighted by Gasteiger charge is -2.17. The van der Waals surface area contributed by atoms with Crippen molar-refractivity contribution in [1.29, 1.82) is 0 Å². The molecule has 0 aliphatic carbocycles. The third kappa shape index (κ3) is 3.77. The number of hydrogen-bond acceptors (Lipinski definition) is 5. The fourth-order valence-electron chi connectivity index (χ4n) is 3.71. The van der Waals surface area contributed by atoms with Gasteiger partial charge in [0.15, 0.2) is 5.69 Å². The van der Waals surface area contributed by atoms with Gasteiger partial charge in [0, 0.05) is 49.2 Å². The summed E-state index contributed by atoms with van der Waals surface area (Å²) in [6, 6.07) is 3.58. The summed E-state index contributed by atoms with van der Waals surface area (Å²) in [5.74, 6) is -0.169. The molecule has 1 N–H and O–H groups in total. The molecule has 0 saturated carbocycles. The summed E-state index contributed by atoms with van der Waals surface area (Å²) in [6.07, 6.45) is 4.39. The summed E-state index contributed by atoms with van der Waals surface area (Å²) in [5, 5.41) is 7.50. The van der Waals surface area contributed by atoms with E-state index in [0.29, 0.717) is 37.6 Å². The Morgan fingerprint density at radius 1 is 1.25 bits per heavy atom. The number of fused-ring (bicyclic) bond motifs is 1. The van der Waals surface area contributed by atoms with Crippen LogP contribution >= 0.6 is 0 Å². The molecule has 2 aliphatic rings. The van der Waals surface area contributed by atoms with Gasteiger partial charge >= 0.3 is 0 Å². The van der Waals surface area contributed by atoms with Crippen molar-refractivity contribution in [2.45, 2.75) is 39.3 Å². The lowest BCUT2D eigenvalue weighted by molar-refractivity contribution is 0.0772. The van der Waals surface area contributed by atoms with Crippen LogP contribution in [0, 0.1) is 6.92 Å². The number of aromatic nitrogens is 3. The molecule has 148 valence electrons. The van der Waals surface area contributed by atoms with E-state index in [1.807, 2.05) is 22.6 Å². The molecule has 0 unspecified atom stereocenters. The maximum absolute atomic E-state index is 12.8. The summed E-state index contributed by atoms with van der Waals surface area (Å²) in [4.78, 5) is 31.1. The lowest BCUT2D eigenvalue weighted by Crippen LogP contribution is -2.29. The van der Waals surface area contributed by atoms with Crippen LogP contribution in [0.5, 0.6) is 0 Å². The van der Waals surface area contributed by atoms with Crippen LogP contribution in [0.3, 0.4) is 0 Å². The number of ether oxygens (including phenoxy) is 1. The molecule has 2 aromatic rings. The van der Waals surface area contributed by atoms with E-state index in [2.05, 4.69) is 15.4 Å². The third-order valence-electron chi connectivity index (χ3n) is 5.27. The first-order chi connectivity index (χ1) is 13.6. The van der Waals surface area contributed by atoms with E-state index < -0.39 is 0 Å². The van der Waals surface area contributed by atoms with Gasteiger partial charge in [-0.1, -0.05) is 0 Å². The van der Waals surface area contributed by atoms with Gasteiger partial charge in [0.1, 0.15) is 0 Å². The first kappa shape index (κ1) is 18.6. The lowest BCUT2D eigenvalue weighted by atomic mass is 10.1. The first-order valence-electron chi connectivity index (χ1n) is 9.80. The molecule has 0 aromatic carbocycles. The molecule has 0 radical (unpaired) electrons. The molecule has 28 heavy (non-hydrogen) atoms. The Morgan fingerprint density at radius 2 is 2.07 bits per heavy atom. The van der Waals surface area contributed by atoms with E-state index in [4.69, 9.17) is 4.74 Å². The number of nitrogens with one attached hydrogen (secondary N) is 1. The van der Waals surface area contributed by atoms with Crippen LogP contribution < -0.4 is 5.32 Å². The molecule has 0 bridgehead atoms. The molecule has 0 spiro atoms. The number of carbonyl (C=O) groups excluding carboxylic acids is 2. The van der Waals surface area contributed by atoms with E-state index in [1.54, 1.807) is 12.3 Å². The Morgan fingerprint density at radius 3 is 2.82 bits per heavy atom. The number of rotatable bonds is 5. The Balaban J connectivity index is 1.44. The molecule has 8 nitrogen and oxygen atoms in total. The van der Waals surface area contributed by atoms with E-state index >= 15 is 0 Å². The highest BCUT2D eigenvalue weighted by Crippen LogP contribution is 2.23. The molecular formula is C20H25N5O3. The molecule has 2 amide bonds. The minimum atomic E-state index is -0.162. The van der Waals surface area contributed by atoms with Crippen LogP contribution in [0.25, 0.3) is 0 Å². The Hall–Kier alpha value is -2.74. The second-order valence-electron chi connectivity index (χ2n) is 7.24. The van der Waals surface area contributed by atoms with Crippen molar-refractivity contribution in [1.82, 2.24) is 25.0 Å². The standard InChI is InChI=1S/C20H25N5O3/c1-14-4-5-15(12-22-14)19(26)21-7-10-25-17-6-11-28-13-16(17)18(23-25)20(27)24-8-2-3-9-24/h4-5,12H,2-3,6-11,13H2,1H3,(H,21,26). The van der Waals surface area contributed by atoms with Crippen molar-refractivity contribution in [2.75, 3.05) is 26.2 Å². The van der Waals surface area contributed by atoms with E-state index in [9.17, 15) is 9.59 Å². The normalized spacial score (nSPS) is 16.1. The number of likely N-dealkylation sites (tertiary alicyclic amines) is 1. The molecule has 2 aliphatic heterocycles. The minimum absolute atomic E-state index is 0.00670. The second-order valence-corrected chi connectivity index (χ2v) is 7.24. The van der Waals surface area contributed by atoms with Crippen molar-refractivity contribution in [3.8, 4) is 0 Å². The van der Waals surface area contributed by atoms with Crippen LogP contribution in [0.15, 0.2) is 18.3 Å². The van der Waals surface area contributed by atoms with Gasteiger partial charge in [0.25, 0.3) is 11.8 Å². The molecule has 0 atom stereocenters. The highest BCUT2D eigenvalue weighted by molar-refractivity contribution is 5.94. The molecule has 1 saturated heterocycles. The van der Waals surface area contributed by atoms with E-state index in [1.165, 1.54) is 0 Å². The number of nitrogens with zero attached hydrogens (tertiary/aromatic N) is 4. The number of aryl methyl sites for hydroxylation is 1. The van der Waals surface area contributed by atoms with Crippen molar-refractivity contribution < 1.29 is 14.3 Å². The quantitative estimate of drug-likeness (QED) is 0.841. The fraction of sp³-hybridized carbons (Fsp3) is 0.500. The summed E-state index contributed by atoms with van der Waals surface area (Å²) in [6.45, 7) is 5.46. The van der Waals surface area contributed by atoms with Crippen LogP contribution in [-0.4, -0.2) is 57.7 Å². The van der Waals surface area contributed by atoms with Gasteiger partial charge in [-0.2, -0.15) is 5.10 Å². The van der Waals surface area contributed by atoms with Crippen molar-refractivity contribution in [2.24, 2.45) is 0 Å². The highest BCUT2D eigenvalue weighted by Gasteiger charge is 2.29. The van der Waals surface area contributed by atoms with Crippen LogP contribution in [0.1, 0.15) is 50.6 Å². The number of pyridine rings is 1. The zero-order chi connectivity index (χ0) is 19.5. The van der Waals surface area contributed by atoms with Crippen molar-refractivity contribution >= 4 is 11.8 Å². The number of hydrogen-bond donors (Lipinski definition) is 1. The fourth-order valence-corrected chi connectivity index (χ4v) is 3.71. The molecular weight excluding hydrogens is 358 g/mol. The zero-order valence-electron chi connectivity index (χ0n) is 16.1.